The minimum Gasteiger partial charge on any atom is -0.352 e. The maximum absolute atomic E-state index is 12.3. The van der Waals surface area contributed by atoms with E-state index in [-0.39, 0.29) is 23.6 Å². The number of benzene rings is 2. The molecule has 0 atom stereocenters. The number of anilines is 2. The lowest BCUT2D eigenvalue weighted by Gasteiger charge is -2.11. The van der Waals surface area contributed by atoms with Crippen LogP contribution < -0.4 is 21.3 Å². The minimum absolute atomic E-state index is 0.119. The maximum Gasteiger partial charge on any atom is 0.253 e. The van der Waals surface area contributed by atoms with Crippen molar-refractivity contribution in [3.05, 3.63) is 59.7 Å². The Balaban J connectivity index is 1.64. The van der Waals surface area contributed by atoms with Crippen LogP contribution in [0, 0.1) is 0 Å². The van der Waals surface area contributed by atoms with Crippen LogP contribution in [-0.2, 0) is 9.59 Å². The van der Waals surface area contributed by atoms with Crippen molar-refractivity contribution in [3.63, 3.8) is 0 Å². The van der Waals surface area contributed by atoms with Crippen molar-refractivity contribution in [2.75, 3.05) is 23.7 Å². The van der Waals surface area contributed by atoms with Gasteiger partial charge in [0.2, 0.25) is 11.8 Å². The Labute approximate surface area is 207 Å². The third kappa shape index (κ3) is 9.60. The molecule has 0 aliphatic carbocycles. The number of carbonyl (C=O) groups is 4. The summed E-state index contributed by atoms with van der Waals surface area (Å²) in [5, 5.41) is 11.1. The molecule has 0 aliphatic rings. The lowest BCUT2D eigenvalue weighted by molar-refractivity contribution is -0.117. The van der Waals surface area contributed by atoms with E-state index in [0.717, 1.165) is 32.1 Å². The van der Waals surface area contributed by atoms with Gasteiger partial charge in [0, 0.05) is 25.9 Å². The van der Waals surface area contributed by atoms with E-state index in [9.17, 15) is 19.2 Å². The van der Waals surface area contributed by atoms with Crippen molar-refractivity contribution in [2.24, 2.45) is 0 Å². The predicted molar refractivity (Wildman–Crippen MR) is 138 cm³/mol. The van der Waals surface area contributed by atoms with Crippen molar-refractivity contribution in [1.82, 2.24) is 10.6 Å². The Morgan fingerprint density at radius 1 is 0.571 bits per heavy atom. The molecule has 0 saturated heterocycles. The topological polar surface area (TPSA) is 116 Å². The van der Waals surface area contributed by atoms with Crippen molar-refractivity contribution in [2.45, 2.75) is 58.8 Å². The van der Waals surface area contributed by atoms with Gasteiger partial charge in [0.15, 0.2) is 0 Å². The van der Waals surface area contributed by atoms with Crippen LogP contribution in [0.5, 0.6) is 0 Å². The van der Waals surface area contributed by atoms with E-state index in [1.165, 1.54) is 0 Å². The molecule has 2 rings (SSSR count). The molecule has 8 heteroatoms. The van der Waals surface area contributed by atoms with Crippen LogP contribution in [0.1, 0.15) is 79.5 Å². The average molecular weight is 481 g/mol. The molecule has 0 heterocycles. The van der Waals surface area contributed by atoms with Crippen molar-refractivity contribution >= 4 is 35.0 Å². The summed E-state index contributed by atoms with van der Waals surface area (Å²) in [5.41, 5.74) is 1.94. The van der Waals surface area contributed by atoms with E-state index >= 15 is 0 Å². The van der Waals surface area contributed by atoms with Crippen LogP contribution in [0.15, 0.2) is 48.5 Å². The first-order chi connectivity index (χ1) is 17.0. The summed E-state index contributed by atoms with van der Waals surface area (Å²) in [6, 6.07) is 13.9. The zero-order valence-corrected chi connectivity index (χ0v) is 20.6. The Bertz CT molecular complexity index is 927. The highest BCUT2D eigenvalue weighted by atomic mass is 16.2. The minimum atomic E-state index is -0.208. The molecular formula is C27H36N4O4. The highest BCUT2D eigenvalue weighted by molar-refractivity contribution is 6.04. The fourth-order valence-corrected chi connectivity index (χ4v) is 3.62. The zero-order chi connectivity index (χ0) is 25.5. The molecule has 0 saturated carbocycles. The average Bonchev–Trinajstić information content (AvgIpc) is 2.84. The zero-order valence-electron chi connectivity index (χ0n) is 20.6. The smallest absolute Gasteiger partial charge is 0.253 e. The lowest BCUT2D eigenvalue weighted by Crippen LogP contribution is -2.24. The Kier molecular flexibility index (Phi) is 12.0. The quantitative estimate of drug-likeness (QED) is 0.298. The highest BCUT2D eigenvalue weighted by Crippen LogP contribution is 2.17. The SMILES string of the molecule is CCNC(=O)c1ccccc1NC(=O)CCCCCCCC(=O)Nc1ccccc1C(=O)NCC. The fraction of sp³-hybridized carbons (Fsp3) is 0.407. The second-order valence-corrected chi connectivity index (χ2v) is 8.17. The maximum atomic E-state index is 12.3. The number of para-hydroxylation sites is 2. The summed E-state index contributed by atoms with van der Waals surface area (Å²) in [4.78, 5) is 48.8. The molecule has 8 nitrogen and oxygen atoms in total. The number of nitrogens with one attached hydrogen (secondary N) is 4. The molecule has 4 amide bonds. The van der Waals surface area contributed by atoms with Crippen LogP contribution in [0.3, 0.4) is 0 Å². The number of unbranched alkanes of at least 4 members (excludes halogenated alkanes) is 4. The molecule has 0 radical (unpaired) electrons. The van der Waals surface area contributed by atoms with E-state index < -0.39 is 0 Å². The van der Waals surface area contributed by atoms with Gasteiger partial charge in [-0.15, -0.1) is 0 Å². The summed E-state index contributed by atoms with van der Waals surface area (Å²) in [5.74, 6) is -0.654. The Hall–Kier alpha value is -3.68. The van der Waals surface area contributed by atoms with Crippen molar-refractivity contribution < 1.29 is 19.2 Å². The molecule has 0 aromatic heterocycles. The van der Waals surface area contributed by atoms with Gasteiger partial charge in [0.05, 0.1) is 22.5 Å². The summed E-state index contributed by atoms with van der Waals surface area (Å²) in [7, 11) is 0. The van der Waals surface area contributed by atoms with Gasteiger partial charge in [0.25, 0.3) is 11.8 Å². The van der Waals surface area contributed by atoms with Gasteiger partial charge >= 0.3 is 0 Å². The van der Waals surface area contributed by atoms with Crippen LogP contribution >= 0.6 is 0 Å². The first-order valence-electron chi connectivity index (χ1n) is 12.3. The molecule has 4 N–H and O–H groups in total. The van der Waals surface area contributed by atoms with Crippen LogP contribution in [0.4, 0.5) is 11.4 Å². The Morgan fingerprint density at radius 2 is 0.943 bits per heavy atom. The molecule has 188 valence electrons. The molecular weight excluding hydrogens is 444 g/mol. The number of hydrogen-bond donors (Lipinski definition) is 4. The number of carbonyl (C=O) groups excluding carboxylic acids is 4. The lowest BCUT2D eigenvalue weighted by atomic mass is 10.1. The number of hydrogen-bond acceptors (Lipinski definition) is 4. The van der Waals surface area contributed by atoms with E-state index in [1.54, 1.807) is 48.5 Å². The van der Waals surface area contributed by atoms with Crippen molar-refractivity contribution in [3.8, 4) is 0 Å². The van der Waals surface area contributed by atoms with Gasteiger partial charge in [-0.1, -0.05) is 43.5 Å². The van der Waals surface area contributed by atoms with Gasteiger partial charge in [0.1, 0.15) is 0 Å². The van der Waals surface area contributed by atoms with E-state index in [0.29, 0.717) is 48.4 Å². The van der Waals surface area contributed by atoms with Crippen LogP contribution in [-0.4, -0.2) is 36.7 Å². The number of amides is 4. The summed E-state index contributed by atoms with van der Waals surface area (Å²) in [6.07, 6.45) is 4.91. The third-order valence-electron chi connectivity index (χ3n) is 5.37. The van der Waals surface area contributed by atoms with Gasteiger partial charge in [-0.05, 0) is 51.0 Å². The van der Waals surface area contributed by atoms with Gasteiger partial charge in [-0.2, -0.15) is 0 Å². The highest BCUT2D eigenvalue weighted by Gasteiger charge is 2.13. The molecule has 2 aromatic rings. The molecule has 0 aliphatic heterocycles. The molecule has 2 aromatic carbocycles. The normalized spacial score (nSPS) is 10.3. The second-order valence-electron chi connectivity index (χ2n) is 8.17. The third-order valence-corrected chi connectivity index (χ3v) is 5.37. The summed E-state index contributed by atoms with van der Waals surface area (Å²) < 4.78 is 0. The fourth-order valence-electron chi connectivity index (χ4n) is 3.62. The van der Waals surface area contributed by atoms with Crippen molar-refractivity contribution in [1.29, 1.82) is 0 Å². The first kappa shape index (κ1) is 27.6. The van der Waals surface area contributed by atoms with Crippen LogP contribution in [0.25, 0.3) is 0 Å². The van der Waals surface area contributed by atoms with Gasteiger partial charge in [-0.25, -0.2) is 0 Å². The van der Waals surface area contributed by atoms with E-state index in [4.69, 9.17) is 0 Å². The summed E-state index contributed by atoms with van der Waals surface area (Å²) >= 11 is 0. The Morgan fingerprint density at radius 3 is 1.34 bits per heavy atom. The first-order valence-corrected chi connectivity index (χ1v) is 12.3. The largest absolute Gasteiger partial charge is 0.352 e. The van der Waals surface area contributed by atoms with E-state index in [2.05, 4.69) is 21.3 Å². The van der Waals surface area contributed by atoms with E-state index in [1.807, 2.05) is 13.8 Å². The summed E-state index contributed by atoms with van der Waals surface area (Å²) in [6.45, 7) is 4.73. The van der Waals surface area contributed by atoms with Gasteiger partial charge < -0.3 is 21.3 Å². The van der Waals surface area contributed by atoms with Crippen LogP contribution in [0.2, 0.25) is 0 Å². The standard InChI is InChI=1S/C27H36N4O4/c1-3-28-26(34)20-14-10-12-16-22(20)30-24(32)18-8-6-5-7-9-19-25(33)31-23-17-13-11-15-21(23)27(35)29-4-2/h10-17H,3-9,18-19H2,1-2H3,(H,28,34)(H,29,35)(H,30,32)(H,31,33). The monoisotopic (exact) mass is 480 g/mol. The number of rotatable bonds is 14. The second kappa shape index (κ2) is 15.3. The molecule has 0 unspecified atom stereocenters. The molecule has 0 bridgehead atoms. The predicted octanol–water partition coefficient (Wildman–Crippen LogP) is 4.49. The molecule has 0 fully saturated rings. The molecule has 0 spiro atoms. The van der Waals surface area contributed by atoms with Gasteiger partial charge in [-0.3, -0.25) is 19.2 Å². The molecule has 35 heavy (non-hydrogen) atoms.